The molecular formula is C22H36N6O2+2. The summed E-state index contributed by atoms with van der Waals surface area (Å²) in [4.78, 5) is 3.03. The molecule has 2 N–H and O–H groups in total. The Balaban J connectivity index is 1.99. The highest BCUT2D eigenvalue weighted by molar-refractivity contribution is 5.48. The molecule has 1 fully saturated rings. The minimum absolute atomic E-state index is 0.0116. The molecule has 1 aromatic carbocycles. The SMILES string of the molecule is C=CC[NH+]1CC[NH+]([C@@H](c2cccc(OC)c2OC)c2nnnn2CCC(C)C)CC1. The van der Waals surface area contributed by atoms with Crippen LogP contribution in [0.15, 0.2) is 30.9 Å². The van der Waals surface area contributed by atoms with E-state index in [-0.39, 0.29) is 6.04 Å². The lowest BCUT2D eigenvalue weighted by Gasteiger charge is -2.34. The first-order chi connectivity index (χ1) is 14.6. The van der Waals surface area contributed by atoms with E-state index >= 15 is 0 Å². The molecule has 1 saturated heterocycles. The maximum absolute atomic E-state index is 5.80. The molecule has 1 atom stereocenters. The van der Waals surface area contributed by atoms with Crippen molar-refractivity contribution in [3.63, 3.8) is 0 Å². The molecule has 0 radical (unpaired) electrons. The summed E-state index contributed by atoms with van der Waals surface area (Å²) in [6.07, 6.45) is 3.04. The molecule has 0 amide bonds. The van der Waals surface area contributed by atoms with Crippen LogP contribution in [0.2, 0.25) is 0 Å². The van der Waals surface area contributed by atoms with Gasteiger partial charge in [0.15, 0.2) is 17.5 Å². The lowest BCUT2D eigenvalue weighted by atomic mass is 10.0. The number of quaternary nitrogens is 2. The van der Waals surface area contributed by atoms with Crippen LogP contribution in [0.1, 0.15) is 37.7 Å². The van der Waals surface area contributed by atoms with Gasteiger partial charge in [0.1, 0.15) is 26.2 Å². The second-order valence-corrected chi connectivity index (χ2v) is 8.36. The van der Waals surface area contributed by atoms with Gasteiger partial charge in [-0.1, -0.05) is 26.5 Å². The predicted molar refractivity (Wildman–Crippen MR) is 115 cm³/mol. The van der Waals surface area contributed by atoms with Gasteiger partial charge in [0.2, 0.25) is 5.82 Å². The van der Waals surface area contributed by atoms with Gasteiger partial charge in [0, 0.05) is 6.54 Å². The predicted octanol–water partition coefficient (Wildman–Crippen LogP) is -0.205. The number of aryl methyl sites for hydroxylation is 1. The minimum Gasteiger partial charge on any atom is -0.493 e. The third-order valence-corrected chi connectivity index (χ3v) is 5.92. The van der Waals surface area contributed by atoms with Crippen LogP contribution in [0.25, 0.3) is 0 Å². The number of aromatic nitrogens is 4. The van der Waals surface area contributed by atoms with E-state index in [1.54, 1.807) is 19.1 Å². The number of benzene rings is 1. The molecule has 30 heavy (non-hydrogen) atoms. The average Bonchev–Trinajstić information content (AvgIpc) is 3.21. The fourth-order valence-corrected chi connectivity index (χ4v) is 4.26. The van der Waals surface area contributed by atoms with Crippen LogP contribution in [0.5, 0.6) is 11.5 Å². The van der Waals surface area contributed by atoms with Gasteiger partial charge in [-0.15, -0.1) is 5.10 Å². The number of rotatable bonds is 10. The molecule has 0 saturated carbocycles. The van der Waals surface area contributed by atoms with E-state index in [4.69, 9.17) is 9.47 Å². The highest BCUT2D eigenvalue weighted by Crippen LogP contribution is 2.35. The smallest absolute Gasteiger partial charge is 0.214 e. The van der Waals surface area contributed by atoms with Crippen molar-refractivity contribution < 1.29 is 19.3 Å². The van der Waals surface area contributed by atoms with Gasteiger partial charge >= 0.3 is 0 Å². The Labute approximate surface area is 179 Å². The van der Waals surface area contributed by atoms with Crippen LogP contribution in [-0.2, 0) is 6.54 Å². The van der Waals surface area contributed by atoms with Crippen molar-refractivity contribution in [3.05, 3.63) is 42.2 Å². The zero-order valence-electron chi connectivity index (χ0n) is 18.7. The van der Waals surface area contributed by atoms with Gasteiger partial charge in [0.25, 0.3) is 0 Å². The number of piperazine rings is 1. The van der Waals surface area contributed by atoms with Gasteiger partial charge < -0.3 is 19.3 Å². The summed E-state index contributed by atoms with van der Waals surface area (Å²) >= 11 is 0. The summed E-state index contributed by atoms with van der Waals surface area (Å²) in [5.41, 5.74) is 1.07. The molecule has 0 aliphatic carbocycles. The first-order valence-corrected chi connectivity index (χ1v) is 10.8. The summed E-state index contributed by atoms with van der Waals surface area (Å²) in [5.74, 6) is 2.97. The van der Waals surface area contributed by atoms with Crippen molar-refractivity contribution in [1.29, 1.82) is 0 Å². The van der Waals surface area contributed by atoms with Gasteiger partial charge in [-0.3, -0.25) is 0 Å². The molecule has 3 rings (SSSR count). The Morgan fingerprint density at radius 3 is 2.57 bits per heavy atom. The lowest BCUT2D eigenvalue weighted by Crippen LogP contribution is -3.28. The second kappa shape index (κ2) is 10.5. The molecule has 2 heterocycles. The van der Waals surface area contributed by atoms with E-state index < -0.39 is 0 Å². The van der Waals surface area contributed by atoms with E-state index in [1.807, 2.05) is 22.9 Å². The number of hydrogen-bond acceptors (Lipinski definition) is 5. The average molecular weight is 417 g/mol. The molecule has 0 bridgehead atoms. The van der Waals surface area contributed by atoms with Crippen LogP contribution in [0.4, 0.5) is 0 Å². The van der Waals surface area contributed by atoms with E-state index in [2.05, 4.69) is 42.0 Å². The van der Waals surface area contributed by atoms with Gasteiger partial charge in [-0.2, -0.15) is 0 Å². The summed E-state index contributed by atoms with van der Waals surface area (Å²) in [6, 6.07) is 6.05. The number of para-hydroxylation sites is 1. The Bertz CT molecular complexity index is 814. The number of hydrogen-bond donors (Lipinski definition) is 2. The van der Waals surface area contributed by atoms with E-state index in [0.29, 0.717) is 5.92 Å². The molecule has 8 heteroatoms. The van der Waals surface area contributed by atoms with Crippen LogP contribution in [-0.4, -0.2) is 67.2 Å². The van der Waals surface area contributed by atoms with Crippen molar-refractivity contribution in [2.45, 2.75) is 32.9 Å². The van der Waals surface area contributed by atoms with Crippen molar-refractivity contribution >= 4 is 0 Å². The highest BCUT2D eigenvalue weighted by Gasteiger charge is 2.37. The lowest BCUT2D eigenvalue weighted by molar-refractivity contribution is -1.02. The largest absolute Gasteiger partial charge is 0.493 e. The third kappa shape index (κ3) is 4.99. The number of methoxy groups -OCH3 is 2. The van der Waals surface area contributed by atoms with Crippen LogP contribution in [0.3, 0.4) is 0 Å². The van der Waals surface area contributed by atoms with E-state index in [1.165, 1.54) is 4.90 Å². The maximum Gasteiger partial charge on any atom is 0.214 e. The molecular weight excluding hydrogens is 380 g/mol. The Hall–Kier alpha value is -2.45. The topological polar surface area (TPSA) is 70.9 Å². The molecule has 0 unspecified atom stereocenters. The number of ether oxygens (including phenoxy) is 2. The molecule has 164 valence electrons. The van der Waals surface area contributed by atoms with Gasteiger partial charge in [-0.25, -0.2) is 4.68 Å². The fraction of sp³-hybridized carbons (Fsp3) is 0.591. The first kappa shape index (κ1) is 22.2. The summed E-state index contributed by atoms with van der Waals surface area (Å²) in [7, 11) is 3.37. The molecule has 0 spiro atoms. The maximum atomic E-state index is 5.80. The monoisotopic (exact) mass is 416 g/mol. The van der Waals surface area contributed by atoms with Crippen molar-refractivity contribution in [2.24, 2.45) is 5.92 Å². The Kier molecular flexibility index (Phi) is 7.81. The second-order valence-electron chi connectivity index (χ2n) is 8.36. The minimum atomic E-state index is -0.0116. The molecule has 2 aromatic rings. The summed E-state index contributed by atoms with van der Waals surface area (Å²) < 4.78 is 13.4. The zero-order chi connectivity index (χ0) is 21.5. The van der Waals surface area contributed by atoms with Crippen LogP contribution in [0, 0.1) is 5.92 Å². The normalized spacial score (nSPS) is 20.2. The number of nitrogens with one attached hydrogen (secondary N) is 2. The highest BCUT2D eigenvalue weighted by atomic mass is 16.5. The van der Waals surface area contributed by atoms with Gasteiger partial charge in [-0.05, 0) is 41.0 Å². The fourth-order valence-electron chi connectivity index (χ4n) is 4.26. The van der Waals surface area contributed by atoms with Crippen molar-refractivity contribution in [3.8, 4) is 11.5 Å². The first-order valence-electron chi connectivity index (χ1n) is 10.8. The molecule has 1 aromatic heterocycles. The molecule has 8 nitrogen and oxygen atoms in total. The number of tetrazole rings is 1. The Morgan fingerprint density at radius 2 is 1.93 bits per heavy atom. The van der Waals surface area contributed by atoms with Crippen molar-refractivity contribution in [2.75, 3.05) is 46.9 Å². The molecule has 1 aliphatic rings. The van der Waals surface area contributed by atoms with Crippen LogP contribution < -0.4 is 19.3 Å². The summed E-state index contributed by atoms with van der Waals surface area (Å²) in [6.45, 7) is 14.4. The summed E-state index contributed by atoms with van der Waals surface area (Å²) in [5, 5.41) is 12.9. The van der Waals surface area contributed by atoms with E-state index in [0.717, 1.165) is 68.6 Å². The quantitative estimate of drug-likeness (QED) is 0.525. The number of nitrogens with zero attached hydrogens (tertiary/aromatic N) is 4. The van der Waals surface area contributed by atoms with Crippen molar-refractivity contribution in [1.82, 2.24) is 20.2 Å². The molecule has 1 aliphatic heterocycles. The zero-order valence-corrected chi connectivity index (χ0v) is 18.7. The standard InChI is InChI=1S/C22H34N6O2/c1-6-11-26-13-15-27(16-14-26)20(18-8-7-9-19(29-4)21(18)30-5)22-23-24-25-28(22)12-10-17(2)3/h6-9,17,20H,1,10-16H2,2-5H3/p+2/t20-/m0/s1. The van der Waals surface area contributed by atoms with E-state index in [9.17, 15) is 0 Å². The van der Waals surface area contributed by atoms with Crippen LogP contribution >= 0.6 is 0 Å². The Morgan fingerprint density at radius 1 is 1.17 bits per heavy atom. The third-order valence-electron chi connectivity index (χ3n) is 5.92. The van der Waals surface area contributed by atoms with Gasteiger partial charge in [0.05, 0.1) is 26.3 Å².